The van der Waals surface area contributed by atoms with Crippen LogP contribution in [-0.2, 0) is 20.8 Å². The maximum Gasteiger partial charge on any atom is 0.357 e. The lowest BCUT2D eigenvalue weighted by molar-refractivity contribution is -0.133. The summed E-state index contributed by atoms with van der Waals surface area (Å²) in [6.45, 7) is 7.73. The number of carbonyl (C=O) groups is 2. The Kier molecular flexibility index (Phi) is 7.64. The first-order valence-electron chi connectivity index (χ1n) is 7.56. The molecule has 1 amide bonds. The van der Waals surface area contributed by atoms with Gasteiger partial charge >= 0.3 is 5.97 Å². The minimum absolute atomic E-state index is 0.0728. The molecule has 0 spiro atoms. The van der Waals surface area contributed by atoms with Crippen LogP contribution in [0.3, 0.4) is 0 Å². The minimum Gasteiger partial charge on any atom is -0.464 e. The van der Waals surface area contributed by atoms with E-state index in [1.54, 1.807) is 17.4 Å². The summed E-state index contributed by atoms with van der Waals surface area (Å²) in [6, 6.07) is 0. The number of methoxy groups -OCH3 is 2. The molecule has 130 valence electrons. The highest BCUT2D eigenvalue weighted by molar-refractivity contribution is 7.09. The van der Waals surface area contributed by atoms with E-state index in [1.165, 1.54) is 18.4 Å². The third-order valence-corrected chi connectivity index (χ3v) is 3.92. The Morgan fingerprint density at radius 2 is 2.00 bits per heavy atom. The average Bonchev–Trinajstić information content (AvgIpc) is 2.92. The van der Waals surface area contributed by atoms with Crippen molar-refractivity contribution in [2.24, 2.45) is 5.41 Å². The number of hydrogen-bond acceptors (Lipinski definition) is 6. The fourth-order valence-corrected chi connectivity index (χ4v) is 2.78. The van der Waals surface area contributed by atoms with E-state index in [0.717, 1.165) is 11.4 Å². The van der Waals surface area contributed by atoms with E-state index < -0.39 is 5.97 Å². The summed E-state index contributed by atoms with van der Waals surface area (Å²) in [5.41, 5.74) is 0.212. The van der Waals surface area contributed by atoms with Gasteiger partial charge < -0.3 is 14.4 Å². The molecule has 0 radical (unpaired) electrons. The Morgan fingerprint density at radius 3 is 2.57 bits per heavy atom. The zero-order valence-corrected chi connectivity index (χ0v) is 15.4. The van der Waals surface area contributed by atoms with E-state index in [-0.39, 0.29) is 17.0 Å². The Balaban J connectivity index is 2.77. The van der Waals surface area contributed by atoms with Crippen molar-refractivity contribution in [3.05, 3.63) is 16.1 Å². The Morgan fingerprint density at radius 1 is 1.30 bits per heavy atom. The van der Waals surface area contributed by atoms with Crippen molar-refractivity contribution < 1.29 is 19.1 Å². The first-order chi connectivity index (χ1) is 10.8. The van der Waals surface area contributed by atoms with Gasteiger partial charge in [0.15, 0.2) is 5.69 Å². The maximum atomic E-state index is 12.5. The summed E-state index contributed by atoms with van der Waals surface area (Å²) in [5, 5.41) is 2.38. The molecule has 0 aliphatic heterocycles. The molecule has 0 bridgehead atoms. The molecular weight excluding hydrogens is 316 g/mol. The number of amides is 1. The topological polar surface area (TPSA) is 68.7 Å². The van der Waals surface area contributed by atoms with Gasteiger partial charge in [-0.05, 0) is 11.8 Å². The highest BCUT2D eigenvalue weighted by atomic mass is 32.1. The van der Waals surface area contributed by atoms with Crippen molar-refractivity contribution in [2.75, 3.05) is 27.4 Å². The second kappa shape index (κ2) is 8.98. The van der Waals surface area contributed by atoms with E-state index in [0.29, 0.717) is 26.1 Å². The number of carbonyl (C=O) groups excluding carboxylic acids is 2. The molecule has 1 rings (SSSR count). The monoisotopic (exact) mass is 342 g/mol. The highest BCUT2D eigenvalue weighted by Crippen LogP contribution is 2.21. The second-order valence-corrected chi connectivity index (χ2v) is 7.46. The van der Waals surface area contributed by atoms with Crippen LogP contribution in [0.4, 0.5) is 0 Å². The van der Waals surface area contributed by atoms with Crippen LogP contribution in [0.5, 0.6) is 0 Å². The van der Waals surface area contributed by atoms with Crippen LogP contribution < -0.4 is 0 Å². The zero-order valence-electron chi connectivity index (χ0n) is 14.5. The number of esters is 1. The predicted molar refractivity (Wildman–Crippen MR) is 89.4 cm³/mol. The van der Waals surface area contributed by atoms with E-state index in [4.69, 9.17) is 4.74 Å². The fourth-order valence-electron chi connectivity index (χ4n) is 2.00. The first-order valence-corrected chi connectivity index (χ1v) is 8.44. The summed E-state index contributed by atoms with van der Waals surface area (Å²) in [6.07, 6.45) is 1.23. The first kappa shape index (κ1) is 19.6. The summed E-state index contributed by atoms with van der Waals surface area (Å²) in [7, 11) is 2.97. The molecule has 6 nitrogen and oxygen atoms in total. The molecule has 0 saturated heterocycles. The smallest absolute Gasteiger partial charge is 0.357 e. The number of ether oxygens (including phenoxy) is 2. The minimum atomic E-state index is -0.459. The molecule has 7 heteroatoms. The SMILES string of the molecule is COCCCN(Cc1nc(C(=O)OC)cs1)C(=O)CC(C)(C)C. The molecule has 1 aromatic rings. The number of nitrogens with zero attached hydrogens (tertiary/aromatic N) is 2. The second-order valence-electron chi connectivity index (χ2n) is 6.52. The van der Waals surface area contributed by atoms with Crippen molar-refractivity contribution in [3.8, 4) is 0 Å². The van der Waals surface area contributed by atoms with Gasteiger partial charge in [-0.2, -0.15) is 0 Å². The Bertz CT molecular complexity index is 522. The summed E-state index contributed by atoms with van der Waals surface area (Å²) >= 11 is 1.36. The molecule has 0 aliphatic rings. The molecule has 1 aromatic heterocycles. The summed E-state index contributed by atoms with van der Waals surface area (Å²) < 4.78 is 9.72. The molecule has 23 heavy (non-hydrogen) atoms. The van der Waals surface area contributed by atoms with Gasteiger partial charge in [-0.3, -0.25) is 4.79 Å². The molecule has 0 fully saturated rings. The number of thiazole rings is 1. The Hall–Kier alpha value is -1.47. The normalized spacial score (nSPS) is 11.3. The number of hydrogen-bond donors (Lipinski definition) is 0. The van der Waals surface area contributed by atoms with E-state index in [2.05, 4.69) is 9.72 Å². The van der Waals surface area contributed by atoms with Gasteiger partial charge in [-0.15, -0.1) is 11.3 Å². The molecule has 0 N–H and O–H groups in total. The van der Waals surface area contributed by atoms with Crippen LogP contribution in [0.1, 0.15) is 49.1 Å². The largest absolute Gasteiger partial charge is 0.464 e. The standard InChI is InChI=1S/C16H26N2O4S/c1-16(2,3)9-14(19)18(7-6-8-21-4)10-13-17-12(11-23-13)15(20)22-5/h11H,6-10H2,1-5H3. The van der Waals surface area contributed by atoms with Crippen LogP contribution >= 0.6 is 11.3 Å². The van der Waals surface area contributed by atoms with Crippen LogP contribution in [0, 0.1) is 5.41 Å². The molecule has 0 aliphatic carbocycles. The predicted octanol–water partition coefficient (Wildman–Crippen LogP) is 2.73. The van der Waals surface area contributed by atoms with Gasteiger partial charge in [0.1, 0.15) is 5.01 Å². The molecule has 0 atom stereocenters. The molecule has 0 unspecified atom stereocenters. The quantitative estimate of drug-likeness (QED) is 0.537. The van der Waals surface area contributed by atoms with Gasteiger partial charge in [0.25, 0.3) is 0 Å². The van der Waals surface area contributed by atoms with Crippen molar-refractivity contribution in [3.63, 3.8) is 0 Å². The Labute approximate surface area is 141 Å². The lowest BCUT2D eigenvalue weighted by Gasteiger charge is -2.26. The van der Waals surface area contributed by atoms with Crippen LogP contribution in [-0.4, -0.2) is 49.1 Å². The van der Waals surface area contributed by atoms with Gasteiger partial charge in [0.05, 0.1) is 13.7 Å². The fraction of sp³-hybridized carbons (Fsp3) is 0.688. The van der Waals surface area contributed by atoms with Crippen LogP contribution in [0.25, 0.3) is 0 Å². The van der Waals surface area contributed by atoms with E-state index in [9.17, 15) is 9.59 Å². The maximum absolute atomic E-state index is 12.5. The summed E-state index contributed by atoms with van der Waals surface area (Å²) in [4.78, 5) is 30.0. The third-order valence-electron chi connectivity index (χ3n) is 3.08. The molecule has 0 aromatic carbocycles. The zero-order chi connectivity index (χ0) is 17.5. The van der Waals surface area contributed by atoms with Crippen molar-refractivity contribution >= 4 is 23.2 Å². The van der Waals surface area contributed by atoms with Gasteiger partial charge in [0, 0.05) is 32.1 Å². The lowest BCUT2D eigenvalue weighted by Crippen LogP contribution is -2.34. The van der Waals surface area contributed by atoms with Crippen molar-refractivity contribution in [2.45, 2.75) is 40.2 Å². The van der Waals surface area contributed by atoms with E-state index in [1.807, 2.05) is 20.8 Å². The highest BCUT2D eigenvalue weighted by Gasteiger charge is 2.22. The molecular formula is C16H26N2O4S. The summed E-state index contributed by atoms with van der Waals surface area (Å²) in [5.74, 6) is -0.372. The van der Waals surface area contributed by atoms with Gasteiger partial charge in [-0.1, -0.05) is 20.8 Å². The number of rotatable bonds is 8. The molecule has 0 saturated carbocycles. The lowest BCUT2D eigenvalue weighted by atomic mass is 9.91. The number of aromatic nitrogens is 1. The van der Waals surface area contributed by atoms with Crippen molar-refractivity contribution in [1.29, 1.82) is 0 Å². The molecule has 1 heterocycles. The van der Waals surface area contributed by atoms with Crippen LogP contribution in [0.2, 0.25) is 0 Å². The van der Waals surface area contributed by atoms with Crippen LogP contribution in [0.15, 0.2) is 5.38 Å². The van der Waals surface area contributed by atoms with Gasteiger partial charge in [0.2, 0.25) is 5.91 Å². The van der Waals surface area contributed by atoms with Crippen molar-refractivity contribution in [1.82, 2.24) is 9.88 Å². The van der Waals surface area contributed by atoms with E-state index >= 15 is 0 Å². The average molecular weight is 342 g/mol. The third kappa shape index (κ3) is 7.09. The van der Waals surface area contributed by atoms with Gasteiger partial charge in [-0.25, -0.2) is 9.78 Å².